The summed E-state index contributed by atoms with van der Waals surface area (Å²) >= 11 is 0. The summed E-state index contributed by atoms with van der Waals surface area (Å²) in [7, 11) is 0. The van der Waals surface area contributed by atoms with Crippen LogP contribution in [0.1, 0.15) is 13.3 Å². The Morgan fingerprint density at radius 1 is 1.70 bits per heavy atom. The Bertz CT molecular complexity index is 97.6. The molecule has 10 heavy (non-hydrogen) atoms. The summed E-state index contributed by atoms with van der Waals surface area (Å²) in [5.74, 6) is 0. The number of aliphatic hydroxyl groups is 1. The lowest BCUT2D eigenvalue weighted by atomic mass is 10.2. The van der Waals surface area contributed by atoms with Gasteiger partial charge in [0.15, 0.2) is 0 Å². The van der Waals surface area contributed by atoms with Crippen molar-refractivity contribution in [3.05, 3.63) is 0 Å². The lowest BCUT2D eigenvalue weighted by Crippen LogP contribution is -2.24. The van der Waals surface area contributed by atoms with Crippen LogP contribution in [-0.2, 0) is 4.74 Å². The van der Waals surface area contributed by atoms with Gasteiger partial charge in [0.05, 0.1) is 12.7 Å². The summed E-state index contributed by atoms with van der Waals surface area (Å²) in [5.41, 5.74) is 0. The van der Waals surface area contributed by atoms with Gasteiger partial charge >= 0.3 is 0 Å². The van der Waals surface area contributed by atoms with Gasteiger partial charge in [-0.1, -0.05) is 0 Å². The summed E-state index contributed by atoms with van der Waals surface area (Å²) in [6.07, 6.45) is 1.27. The van der Waals surface area contributed by atoms with E-state index in [0.717, 1.165) is 19.6 Å². The molecule has 0 saturated carbocycles. The molecule has 0 aromatic carbocycles. The maximum atomic E-state index is 8.73. The number of nitrogens with one attached hydrogen (secondary N) is 1. The molecule has 1 rings (SSSR count). The standard InChI is InChI=1S/C7H15NO2/c1-2-10-7-3-6(5-9)8-4-7/h6-9H,2-5H2,1H3. The summed E-state index contributed by atoms with van der Waals surface area (Å²) in [4.78, 5) is 0. The van der Waals surface area contributed by atoms with Crippen LogP contribution in [0.4, 0.5) is 0 Å². The highest BCUT2D eigenvalue weighted by molar-refractivity contribution is 4.81. The van der Waals surface area contributed by atoms with E-state index in [1.165, 1.54) is 0 Å². The number of hydrogen-bond donors (Lipinski definition) is 2. The minimum Gasteiger partial charge on any atom is -0.395 e. The second kappa shape index (κ2) is 3.91. The maximum Gasteiger partial charge on any atom is 0.0715 e. The lowest BCUT2D eigenvalue weighted by molar-refractivity contribution is 0.0739. The molecule has 0 aromatic heterocycles. The Morgan fingerprint density at radius 2 is 2.50 bits per heavy atom. The zero-order chi connectivity index (χ0) is 7.40. The van der Waals surface area contributed by atoms with Crippen LogP contribution in [0.2, 0.25) is 0 Å². The highest BCUT2D eigenvalue weighted by Gasteiger charge is 2.22. The van der Waals surface area contributed by atoms with E-state index in [4.69, 9.17) is 9.84 Å². The third kappa shape index (κ3) is 1.94. The van der Waals surface area contributed by atoms with Crippen LogP contribution in [0, 0.1) is 0 Å². The van der Waals surface area contributed by atoms with Crippen LogP contribution in [-0.4, -0.2) is 37.0 Å². The van der Waals surface area contributed by atoms with E-state index in [-0.39, 0.29) is 12.6 Å². The first-order chi connectivity index (χ1) is 4.86. The summed E-state index contributed by atoms with van der Waals surface area (Å²) in [5, 5.41) is 11.9. The molecule has 0 bridgehead atoms. The normalized spacial score (nSPS) is 33.0. The molecular formula is C7H15NO2. The van der Waals surface area contributed by atoms with E-state index in [9.17, 15) is 0 Å². The first-order valence-electron chi connectivity index (χ1n) is 3.82. The zero-order valence-electron chi connectivity index (χ0n) is 6.34. The number of hydrogen-bond acceptors (Lipinski definition) is 3. The fraction of sp³-hybridized carbons (Fsp3) is 1.00. The van der Waals surface area contributed by atoms with Gasteiger partial charge < -0.3 is 15.2 Å². The predicted molar refractivity (Wildman–Crippen MR) is 38.9 cm³/mol. The SMILES string of the molecule is CCOC1CNC(CO)C1. The fourth-order valence-electron chi connectivity index (χ4n) is 1.28. The summed E-state index contributed by atoms with van der Waals surface area (Å²) in [6, 6.07) is 0.261. The van der Waals surface area contributed by atoms with Gasteiger partial charge in [0.2, 0.25) is 0 Å². The first-order valence-corrected chi connectivity index (χ1v) is 3.82. The van der Waals surface area contributed by atoms with Crippen LogP contribution in [0.15, 0.2) is 0 Å². The minimum absolute atomic E-state index is 0.226. The predicted octanol–water partition coefficient (Wildman–Crippen LogP) is -0.254. The molecule has 60 valence electrons. The number of aliphatic hydroxyl groups excluding tert-OH is 1. The van der Waals surface area contributed by atoms with Gasteiger partial charge in [-0.15, -0.1) is 0 Å². The molecule has 0 aliphatic carbocycles. The molecule has 2 N–H and O–H groups in total. The van der Waals surface area contributed by atoms with Crippen molar-refractivity contribution in [2.75, 3.05) is 19.8 Å². The Kier molecular flexibility index (Phi) is 3.12. The third-order valence-corrected chi connectivity index (χ3v) is 1.80. The van der Waals surface area contributed by atoms with Crippen LogP contribution in [0.25, 0.3) is 0 Å². The fourth-order valence-corrected chi connectivity index (χ4v) is 1.28. The van der Waals surface area contributed by atoms with E-state index < -0.39 is 0 Å². The van der Waals surface area contributed by atoms with E-state index in [2.05, 4.69) is 5.32 Å². The molecule has 1 aliphatic rings. The van der Waals surface area contributed by atoms with Crippen molar-refractivity contribution >= 4 is 0 Å². The van der Waals surface area contributed by atoms with Gasteiger partial charge in [0, 0.05) is 19.2 Å². The second-order valence-corrected chi connectivity index (χ2v) is 2.60. The quantitative estimate of drug-likeness (QED) is 0.575. The van der Waals surface area contributed by atoms with Gasteiger partial charge in [-0.05, 0) is 13.3 Å². The molecule has 0 radical (unpaired) electrons. The Labute approximate surface area is 61.4 Å². The first kappa shape index (κ1) is 7.98. The van der Waals surface area contributed by atoms with Crippen molar-refractivity contribution in [1.82, 2.24) is 5.32 Å². The zero-order valence-corrected chi connectivity index (χ0v) is 6.34. The molecule has 1 heterocycles. The minimum atomic E-state index is 0.226. The van der Waals surface area contributed by atoms with E-state index in [0.29, 0.717) is 6.10 Å². The molecular weight excluding hydrogens is 130 g/mol. The van der Waals surface area contributed by atoms with Crippen LogP contribution in [0.5, 0.6) is 0 Å². The second-order valence-electron chi connectivity index (χ2n) is 2.60. The molecule has 1 saturated heterocycles. The number of rotatable bonds is 3. The van der Waals surface area contributed by atoms with E-state index in [1.54, 1.807) is 0 Å². The topological polar surface area (TPSA) is 41.5 Å². The third-order valence-electron chi connectivity index (χ3n) is 1.80. The van der Waals surface area contributed by atoms with Crippen molar-refractivity contribution in [1.29, 1.82) is 0 Å². The lowest BCUT2D eigenvalue weighted by Gasteiger charge is -2.07. The highest BCUT2D eigenvalue weighted by Crippen LogP contribution is 2.08. The van der Waals surface area contributed by atoms with Crippen molar-refractivity contribution < 1.29 is 9.84 Å². The van der Waals surface area contributed by atoms with Crippen LogP contribution >= 0.6 is 0 Å². The largest absolute Gasteiger partial charge is 0.395 e. The Morgan fingerprint density at radius 3 is 3.00 bits per heavy atom. The van der Waals surface area contributed by atoms with Crippen molar-refractivity contribution in [3.63, 3.8) is 0 Å². The van der Waals surface area contributed by atoms with E-state index >= 15 is 0 Å². The average molecular weight is 145 g/mol. The van der Waals surface area contributed by atoms with Gasteiger partial charge in [-0.25, -0.2) is 0 Å². The van der Waals surface area contributed by atoms with Gasteiger partial charge in [0.25, 0.3) is 0 Å². The van der Waals surface area contributed by atoms with Crippen LogP contribution in [0.3, 0.4) is 0 Å². The van der Waals surface area contributed by atoms with Crippen molar-refractivity contribution in [3.8, 4) is 0 Å². The molecule has 0 aromatic rings. The summed E-state index contributed by atoms with van der Waals surface area (Å²) in [6.45, 7) is 3.87. The molecule has 2 atom stereocenters. The molecule has 2 unspecified atom stereocenters. The molecule has 0 spiro atoms. The molecule has 0 amide bonds. The van der Waals surface area contributed by atoms with Crippen LogP contribution < -0.4 is 5.32 Å². The Balaban J connectivity index is 2.15. The smallest absolute Gasteiger partial charge is 0.0715 e. The monoisotopic (exact) mass is 145 g/mol. The Hall–Kier alpha value is -0.120. The van der Waals surface area contributed by atoms with Gasteiger partial charge in [-0.3, -0.25) is 0 Å². The highest BCUT2D eigenvalue weighted by atomic mass is 16.5. The molecule has 3 heteroatoms. The van der Waals surface area contributed by atoms with E-state index in [1.807, 2.05) is 6.92 Å². The number of ether oxygens (including phenoxy) is 1. The van der Waals surface area contributed by atoms with Gasteiger partial charge in [-0.2, -0.15) is 0 Å². The molecule has 1 fully saturated rings. The molecule has 1 aliphatic heterocycles. The average Bonchev–Trinajstić information content (AvgIpc) is 2.37. The molecule has 3 nitrogen and oxygen atoms in total. The summed E-state index contributed by atoms with van der Waals surface area (Å²) < 4.78 is 5.36. The van der Waals surface area contributed by atoms with Gasteiger partial charge in [0.1, 0.15) is 0 Å². The maximum absolute atomic E-state index is 8.73. The van der Waals surface area contributed by atoms with Crippen molar-refractivity contribution in [2.24, 2.45) is 0 Å². The van der Waals surface area contributed by atoms with Crippen molar-refractivity contribution in [2.45, 2.75) is 25.5 Å².